The van der Waals surface area contributed by atoms with Crippen molar-refractivity contribution in [3.63, 3.8) is 0 Å². The average Bonchev–Trinajstić information content (AvgIpc) is 2.94. The molecule has 114 valence electrons. The molecule has 0 fully saturated rings. The second-order valence-electron chi connectivity index (χ2n) is 5.70. The first kappa shape index (κ1) is 14.8. The van der Waals surface area contributed by atoms with E-state index >= 15 is 0 Å². The Morgan fingerprint density at radius 2 is 2.09 bits per heavy atom. The lowest BCUT2D eigenvalue weighted by atomic mass is 9.99. The highest BCUT2D eigenvalue weighted by molar-refractivity contribution is 5.91. The van der Waals surface area contributed by atoms with Gasteiger partial charge in [0.2, 0.25) is 0 Å². The minimum absolute atomic E-state index is 0.755. The molecule has 0 amide bonds. The van der Waals surface area contributed by atoms with Crippen LogP contribution in [0.1, 0.15) is 30.9 Å². The van der Waals surface area contributed by atoms with Gasteiger partial charge in [0.1, 0.15) is 0 Å². The molecule has 0 aliphatic carbocycles. The third kappa shape index (κ3) is 2.90. The summed E-state index contributed by atoms with van der Waals surface area (Å²) in [4.78, 5) is 7.85. The van der Waals surface area contributed by atoms with E-state index in [4.69, 9.17) is 5.73 Å². The summed E-state index contributed by atoms with van der Waals surface area (Å²) in [7, 11) is 0. The van der Waals surface area contributed by atoms with Crippen molar-refractivity contribution in [2.24, 2.45) is 5.73 Å². The number of nitrogens with zero attached hydrogens (tertiary/aromatic N) is 1. The summed E-state index contributed by atoms with van der Waals surface area (Å²) >= 11 is 0. The number of hydrogen-bond acceptors (Lipinski definition) is 2. The molecule has 3 heteroatoms. The molecule has 3 nitrogen and oxygen atoms in total. The van der Waals surface area contributed by atoms with Crippen molar-refractivity contribution in [2.45, 2.75) is 32.6 Å². The van der Waals surface area contributed by atoms with E-state index in [1.807, 2.05) is 18.5 Å². The van der Waals surface area contributed by atoms with Crippen LogP contribution in [0.3, 0.4) is 0 Å². The number of hydrogen-bond donors (Lipinski definition) is 2. The summed E-state index contributed by atoms with van der Waals surface area (Å²) in [5.74, 6) is 0. The number of benzene rings is 1. The first-order valence-corrected chi connectivity index (χ1v) is 8.07. The summed E-state index contributed by atoms with van der Waals surface area (Å²) in [6.45, 7) is 2.95. The van der Waals surface area contributed by atoms with Crippen LogP contribution in [0.2, 0.25) is 0 Å². The van der Waals surface area contributed by atoms with Crippen LogP contribution in [0.15, 0.2) is 42.7 Å². The number of nitrogens with two attached hydrogens (primary N) is 1. The Bertz CT molecular complexity index is 744. The second kappa shape index (κ2) is 6.75. The van der Waals surface area contributed by atoms with Crippen molar-refractivity contribution in [3.8, 4) is 11.3 Å². The predicted octanol–water partition coefficient (Wildman–Crippen LogP) is 4.07. The fourth-order valence-corrected chi connectivity index (χ4v) is 2.98. The van der Waals surface area contributed by atoms with Gasteiger partial charge in [-0.3, -0.25) is 4.98 Å². The molecule has 0 spiro atoms. The maximum absolute atomic E-state index is 5.66. The van der Waals surface area contributed by atoms with Gasteiger partial charge >= 0.3 is 0 Å². The van der Waals surface area contributed by atoms with Crippen molar-refractivity contribution in [2.75, 3.05) is 6.54 Å². The minimum atomic E-state index is 0.755. The van der Waals surface area contributed by atoms with E-state index in [0.717, 1.165) is 37.8 Å². The van der Waals surface area contributed by atoms with E-state index in [-0.39, 0.29) is 0 Å². The fraction of sp³-hybridized carbons (Fsp3) is 0.316. The molecule has 0 radical (unpaired) electrons. The summed E-state index contributed by atoms with van der Waals surface area (Å²) < 4.78 is 0. The van der Waals surface area contributed by atoms with Gasteiger partial charge in [0.25, 0.3) is 0 Å². The Hall–Kier alpha value is -2.13. The van der Waals surface area contributed by atoms with Crippen LogP contribution < -0.4 is 5.73 Å². The number of H-pyrrole nitrogens is 1. The van der Waals surface area contributed by atoms with Gasteiger partial charge in [-0.1, -0.05) is 13.0 Å². The van der Waals surface area contributed by atoms with Crippen molar-refractivity contribution < 1.29 is 0 Å². The molecule has 3 rings (SSSR count). The van der Waals surface area contributed by atoms with Crippen molar-refractivity contribution >= 4 is 10.9 Å². The molecule has 0 saturated heterocycles. The van der Waals surface area contributed by atoms with Crippen molar-refractivity contribution in [1.82, 2.24) is 9.97 Å². The van der Waals surface area contributed by atoms with Crippen LogP contribution in [0.25, 0.3) is 22.2 Å². The normalized spacial score (nSPS) is 11.2. The highest BCUT2D eigenvalue weighted by Crippen LogP contribution is 2.32. The molecule has 3 aromatic rings. The lowest BCUT2D eigenvalue weighted by Crippen LogP contribution is -1.99. The minimum Gasteiger partial charge on any atom is -0.354 e. The van der Waals surface area contributed by atoms with E-state index in [2.05, 4.69) is 41.2 Å². The van der Waals surface area contributed by atoms with Gasteiger partial charge in [0.05, 0.1) is 5.69 Å². The van der Waals surface area contributed by atoms with Crippen LogP contribution in [0.4, 0.5) is 0 Å². The smallest absolute Gasteiger partial charge is 0.0512 e. The van der Waals surface area contributed by atoms with Crippen LogP contribution in [0.5, 0.6) is 0 Å². The van der Waals surface area contributed by atoms with Crippen LogP contribution in [-0.4, -0.2) is 16.5 Å². The predicted molar refractivity (Wildman–Crippen MR) is 92.9 cm³/mol. The first-order valence-electron chi connectivity index (χ1n) is 8.07. The number of fused-ring (bicyclic) bond motifs is 1. The quantitative estimate of drug-likeness (QED) is 0.673. The lowest BCUT2D eigenvalue weighted by Gasteiger charge is -2.05. The largest absolute Gasteiger partial charge is 0.354 e. The van der Waals surface area contributed by atoms with Crippen molar-refractivity contribution in [1.29, 1.82) is 0 Å². The molecule has 0 atom stereocenters. The monoisotopic (exact) mass is 293 g/mol. The van der Waals surface area contributed by atoms with E-state index < -0.39 is 0 Å². The molecular weight excluding hydrogens is 270 g/mol. The van der Waals surface area contributed by atoms with Gasteiger partial charge in [0.15, 0.2) is 0 Å². The Labute approximate surface area is 131 Å². The van der Waals surface area contributed by atoms with Crippen LogP contribution in [0, 0.1) is 0 Å². The maximum Gasteiger partial charge on any atom is 0.0512 e. The molecule has 2 aromatic heterocycles. The maximum atomic E-state index is 5.66. The van der Waals surface area contributed by atoms with Gasteiger partial charge in [-0.05, 0) is 67.6 Å². The Kier molecular flexibility index (Phi) is 4.54. The number of aryl methyl sites for hydroxylation is 2. The van der Waals surface area contributed by atoms with E-state index in [9.17, 15) is 0 Å². The van der Waals surface area contributed by atoms with Gasteiger partial charge < -0.3 is 10.7 Å². The van der Waals surface area contributed by atoms with Crippen molar-refractivity contribution in [3.05, 3.63) is 53.9 Å². The standard InChI is InChI=1S/C19H23N3/c1-2-14-8-9-18-17(12-14)16(7-3-4-10-20)19(22-18)15-6-5-11-21-13-15/h5-6,8-9,11-13,22H,2-4,7,10,20H2,1H3. The molecule has 2 heterocycles. The van der Waals surface area contributed by atoms with Crippen LogP contribution >= 0.6 is 0 Å². The van der Waals surface area contributed by atoms with E-state index in [1.54, 1.807) is 0 Å². The number of pyridine rings is 1. The molecule has 0 aliphatic heterocycles. The zero-order valence-electron chi connectivity index (χ0n) is 13.1. The number of aromatic amines is 1. The zero-order valence-corrected chi connectivity index (χ0v) is 13.1. The first-order chi connectivity index (χ1) is 10.8. The van der Waals surface area contributed by atoms with Gasteiger partial charge in [-0.15, -0.1) is 0 Å². The highest BCUT2D eigenvalue weighted by Gasteiger charge is 2.13. The highest BCUT2D eigenvalue weighted by atomic mass is 14.7. The molecule has 0 bridgehead atoms. The molecule has 0 aliphatic rings. The SMILES string of the molecule is CCc1ccc2[nH]c(-c3cccnc3)c(CCCCN)c2c1. The molecule has 0 unspecified atom stereocenters. The zero-order chi connectivity index (χ0) is 15.4. The summed E-state index contributed by atoms with van der Waals surface area (Å²) in [6.07, 6.45) is 8.03. The van der Waals surface area contributed by atoms with E-state index in [0.29, 0.717) is 0 Å². The number of unbranched alkanes of at least 4 members (excludes halogenated alkanes) is 1. The number of nitrogens with one attached hydrogen (secondary N) is 1. The van der Waals surface area contributed by atoms with Crippen LogP contribution in [-0.2, 0) is 12.8 Å². The molecule has 3 N–H and O–H groups in total. The molecule has 22 heavy (non-hydrogen) atoms. The summed E-state index contributed by atoms with van der Waals surface area (Å²) in [6, 6.07) is 10.8. The summed E-state index contributed by atoms with van der Waals surface area (Å²) in [5.41, 5.74) is 12.0. The van der Waals surface area contributed by atoms with Gasteiger partial charge in [-0.2, -0.15) is 0 Å². The number of rotatable bonds is 6. The Balaban J connectivity index is 2.11. The second-order valence-corrected chi connectivity index (χ2v) is 5.70. The Morgan fingerprint density at radius 3 is 2.82 bits per heavy atom. The fourth-order valence-electron chi connectivity index (χ4n) is 2.98. The third-order valence-corrected chi connectivity index (χ3v) is 4.21. The summed E-state index contributed by atoms with van der Waals surface area (Å²) in [5, 5.41) is 1.34. The third-order valence-electron chi connectivity index (χ3n) is 4.21. The molecule has 0 saturated carbocycles. The number of aromatic nitrogens is 2. The molecular formula is C19H23N3. The lowest BCUT2D eigenvalue weighted by molar-refractivity contribution is 0.748. The Morgan fingerprint density at radius 1 is 1.18 bits per heavy atom. The average molecular weight is 293 g/mol. The van der Waals surface area contributed by atoms with Gasteiger partial charge in [-0.25, -0.2) is 0 Å². The molecule has 1 aromatic carbocycles. The van der Waals surface area contributed by atoms with Gasteiger partial charge in [0, 0.05) is 28.9 Å². The van der Waals surface area contributed by atoms with E-state index in [1.165, 1.54) is 27.7 Å². The topological polar surface area (TPSA) is 54.7 Å².